The number of rotatable bonds is 10. The molecule has 0 amide bonds. The van der Waals surface area contributed by atoms with Gasteiger partial charge in [-0.25, -0.2) is 9.67 Å². The van der Waals surface area contributed by atoms with E-state index in [2.05, 4.69) is 10.3 Å². The van der Waals surface area contributed by atoms with Crippen LogP contribution in [0.2, 0.25) is 0 Å². The standard InChI is InChI=1S/C33H32F3N4OP/c1-2-10-25(33(34,35)36)16-17-29-28(19-22-42-21-9-15-31(42)41)32(24-11-5-3-6-12-24)39-40(29)27-18-20-37-30(23-27)38-26-13-7-4-8-14-26/h2-8,10-14,16,18,20,23H,9,15,17,19,21-22H2,1H3,(H,37,38)/b10-2-,25-16+. The summed E-state index contributed by atoms with van der Waals surface area (Å²) in [6.07, 6.45) is 4.62. The van der Waals surface area contributed by atoms with Crippen molar-refractivity contribution in [2.24, 2.45) is 0 Å². The normalized spacial score (nSPS) is 16.0. The van der Waals surface area contributed by atoms with Crippen LogP contribution >= 0.6 is 7.92 Å². The Morgan fingerprint density at radius 1 is 1.07 bits per heavy atom. The third-order valence-electron chi connectivity index (χ3n) is 7.16. The summed E-state index contributed by atoms with van der Waals surface area (Å²) in [7, 11) is -0.751. The number of aromatic nitrogens is 3. The second-order valence-corrected chi connectivity index (χ2v) is 12.5. The number of hydrogen-bond donors (Lipinski definition) is 1. The molecular formula is C33H32F3N4OP. The largest absolute Gasteiger partial charge is 0.416 e. The quantitative estimate of drug-likeness (QED) is 0.149. The van der Waals surface area contributed by atoms with Gasteiger partial charge < -0.3 is 5.32 Å². The fourth-order valence-electron chi connectivity index (χ4n) is 5.14. The van der Waals surface area contributed by atoms with E-state index in [0.717, 1.165) is 41.2 Å². The maximum absolute atomic E-state index is 13.9. The summed E-state index contributed by atoms with van der Waals surface area (Å²) in [6.45, 7) is 1.57. The number of halogens is 3. The van der Waals surface area contributed by atoms with Crippen molar-refractivity contribution in [2.75, 3.05) is 17.6 Å². The van der Waals surface area contributed by atoms with E-state index in [9.17, 15) is 18.0 Å². The van der Waals surface area contributed by atoms with E-state index in [1.54, 1.807) is 23.9 Å². The number of carbonyl (C=O) groups is 1. The van der Waals surface area contributed by atoms with Crippen molar-refractivity contribution in [3.8, 4) is 16.9 Å². The number of allylic oxidation sites excluding steroid dienone is 4. The van der Waals surface area contributed by atoms with Crippen LogP contribution in [0.4, 0.5) is 24.7 Å². The summed E-state index contributed by atoms with van der Waals surface area (Å²) in [4.78, 5) is 16.9. The van der Waals surface area contributed by atoms with Crippen molar-refractivity contribution < 1.29 is 18.0 Å². The Labute approximate surface area is 244 Å². The number of nitrogens with zero attached hydrogens (tertiary/aromatic N) is 3. The molecule has 1 unspecified atom stereocenters. The fourth-order valence-corrected chi connectivity index (χ4v) is 7.37. The van der Waals surface area contributed by atoms with Gasteiger partial charge in [-0.2, -0.15) is 18.3 Å². The number of carbonyl (C=O) groups excluding carboxylic acids is 1. The molecule has 1 aliphatic rings. The van der Waals surface area contributed by atoms with Gasteiger partial charge in [0.05, 0.1) is 22.6 Å². The number of benzene rings is 2. The van der Waals surface area contributed by atoms with Crippen molar-refractivity contribution in [1.29, 1.82) is 0 Å². The second-order valence-electron chi connectivity index (χ2n) is 10.0. The number of alkyl halides is 3. The van der Waals surface area contributed by atoms with Crippen LogP contribution in [-0.4, -0.2) is 38.8 Å². The smallest absolute Gasteiger partial charge is 0.340 e. The number of anilines is 2. The summed E-state index contributed by atoms with van der Waals surface area (Å²) in [6, 6.07) is 22.9. The Hall–Kier alpha value is -4.03. The molecule has 9 heteroatoms. The molecule has 5 rings (SSSR count). The van der Waals surface area contributed by atoms with Gasteiger partial charge in [0, 0.05) is 41.9 Å². The maximum atomic E-state index is 13.9. The highest BCUT2D eigenvalue weighted by Gasteiger charge is 2.32. The third kappa shape index (κ3) is 7.05. The molecular weight excluding hydrogens is 556 g/mol. The molecule has 4 aromatic rings. The van der Waals surface area contributed by atoms with Gasteiger partial charge in [0.15, 0.2) is 5.52 Å². The SMILES string of the molecule is C/C=C\C(=C/Cc1c(CCP2CCCC2=O)c(-c2ccccc2)nn1-c1ccnc(Nc2ccccc2)c1)C(F)(F)F. The summed E-state index contributed by atoms with van der Waals surface area (Å²) in [5.74, 6) is 0.586. The van der Waals surface area contributed by atoms with Crippen LogP contribution < -0.4 is 5.32 Å². The monoisotopic (exact) mass is 588 g/mol. The first-order valence-corrected chi connectivity index (χ1v) is 15.7. The van der Waals surface area contributed by atoms with Gasteiger partial charge in [0.2, 0.25) is 0 Å². The van der Waals surface area contributed by atoms with Crippen LogP contribution in [0.15, 0.2) is 103 Å². The minimum absolute atomic E-state index is 0.0178. The highest BCUT2D eigenvalue weighted by molar-refractivity contribution is 7.75. The highest BCUT2D eigenvalue weighted by atomic mass is 31.1. The predicted molar refractivity (Wildman–Crippen MR) is 164 cm³/mol. The molecule has 5 nitrogen and oxygen atoms in total. The minimum atomic E-state index is -4.48. The zero-order chi connectivity index (χ0) is 29.5. The van der Waals surface area contributed by atoms with Crippen LogP contribution in [0, 0.1) is 0 Å². The van der Waals surface area contributed by atoms with Crippen LogP contribution in [0.5, 0.6) is 0 Å². The lowest BCUT2D eigenvalue weighted by Crippen LogP contribution is -2.11. The lowest BCUT2D eigenvalue weighted by atomic mass is 10.0. The van der Waals surface area contributed by atoms with Crippen LogP contribution in [0.1, 0.15) is 31.0 Å². The average Bonchev–Trinajstić information content (AvgIpc) is 3.57. The number of nitrogens with one attached hydrogen (secondary N) is 1. The van der Waals surface area contributed by atoms with Crippen molar-refractivity contribution in [1.82, 2.24) is 14.8 Å². The van der Waals surface area contributed by atoms with Crippen molar-refractivity contribution in [2.45, 2.75) is 38.8 Å². The Balaban J connectivity index is 1.63. The van der Waals surface area contributed by atoms with E-state index in [4.69, 9.17) is 5.10 Å². The molecule has 42 heavy (non-hydrogen) atoms. The molecule has 1 saturated heterocycles. The van der Waals surface area contributed by atoms with Gasteiger partial charge in [0.1, 0.15) is 5.82 Å². The molecule has 0 bridgehead atoms. The summed E-state index contributed by atoms with van der Waals surface area (Å²) < 4.78 is 43.3. The molecule has 3 heterocycles. The molecule has 0 saturated carbocycles. The molecule has 216 valence electrons. The Kier molecular flexibility index (Phi) is 9.33. The van der Waals surface area contributed by atoms with Gasteiger partial charge in [-0.1, -0.05) is 66.8 Å². The topological polar surface area (TPSA) is 59.8 Å². The molecule has 1 aliphatic heterocycles. The number of pyridine rings is 1. The summed E-state index contributed by atoms with van der Waals surface area (Å²) in [5.41, 5.74) is 4.30. The Bertz CT molecular complexity index is 1580. The van der Waals surface area contributed by atoms with Crippen LogP contribution in [0.25, 0.3) is 16.9 Å². The van der Waals surface area contributed by atoms with Gasteiger partial charge in [0.25, 0.3) is 0 Å². The number of para-hydroxylation sites is 1. The first-order valence-electron chi connectivity index (χ1n) is 14.0. The van der Waals surface area contributed by atoms with Crippen LogP contribution in [-0.2, 0) is 17.6 Å². The van der Waals surface area contributed by atoms with E-state index in [0.29, 0.717) is 41.7 Å². The average molecular weight is 589 g/mol. The Morgan fingerprint density at radius 3 is 2.48 bits per heavy atom. The van der Waals surface area contributed by atoms with Crippen LogP contribution in [0.3, 0.4) is 0 Å². The third-order valence-corrected chi connectivity index (χ3v) is 9.71. The maximum Gasteiger partial charge on any atom is 0.416 e. The molecule has 2 aromatic carbocycles. The first-order chi connectivity index (χ1) is 20.3. The minimum Gasteiger partial charge on any atom is -0.340 e. The zero-order valence-corrected chi connectivity index (χ0v) is 24.2. The molecule has 2 aromatic heterocycles. The van der Waals surface area contributed by atoms with Gasteiger partial charge in [-0.05, 0) is 58.2 Å². The lowest BCUT2D eigenvalue weighted by molar-refractivity contribution is -0.111. The van der Waals surface area contributed by atoms with Crippen molar-refractivity contribution >= 4 is 25.0 Å². The van der Waals surface area contributed by atoms with Gasteiger partial charge >= 0.3 is 6.18 Å². The summed E-state index contributed by atoms with van der Waals surface area (Å²) >= 11 is 0. The fraction of sp³-hybridized carbons (Fsp3) is 0.242. The summed E-state index contributed by atoms with van der Waals surface area (Å²) in [5, 5.41) is 8.29. The molecule has 1 atom stereocenters. The molecule has 1 fully saturated rings. The second kappa shape index (κ2) is 13.3. The molecule has 0 spiro atoms. The van der Waals surface area contributed by atoms with E-state index < -0.39 is 19.7 Å². The Morgan fingerprint density at radius 2 is 1.81 bits per heavy atom. The van der Waals surface area contributed by atoms with Gasteiger partial charge in [-0.15, -0.1) is 0 Å². The van der Waals surface area contributed by atoms with Gasteiger partial charge in [-0.3, -0.25) is 4.79 Å². The van der Waals surface area contributed by atoms with Crippen molar-refractivity contribution in [3.05, 3.63) is 114 Å². The lowest BCUT2D eigenvalue weighted by Gasteiger charge is -2.13. The van der Waals surface area contributed by atoms with E-state index in [1.165, 1.54) is 12.2 Å². The van der Waals surface area contributed by atoms with Crippen molar-refractivity contribution in [3.63, 3.8) is 0 Å². The molecule has 0 aliphatic carbocycles. The van der Waals surface area contributed by atoms with E-state index in [1.807, 2.05) is 66.7 Å². The molecule has 0 radical (unpaired) electrons. The van der Waals surface area contributed by atoms with E-state index in [-0.39, 0.29) is 6.42 Å². The number of hydrogen-bond acceptors (Lipinski definition) is 4. The first kappa shape index (κ1) is 29.5. The van der Waals surface area contributed by atoms with E-state index >= 15 is 0 Å². The highest BCUT2D eigenvalue weighted by Crippen LogP contribution is 2.46. The molecule has 1 N–H and O–H groups in total. The predicted octanol–water partition coefficient (Wildman–Crippen LogP) is 8.63. The zero-order valence-electron chi connectivity index (χ0n) is 23.3.